The van der Waals surface area contributed by atoms with Gasteiger partial charge in [-0.2, -0.15) is 0 Å². The Morgan fingerprint density at radius 2 is 1.63 bits per heavy atom. The number of hydrogen-bond donors (Lipinski definition) is 0. The van der Waals surface area contributed by atoms with Gasteiger partial charge in [0, 0.05) is 22.0 Å². The average molecular weight is 273 g/mol. The van der Waals surface area contributed by atoms with Crippen molar-refractivity contribution in [3.05, 3.63) is 75.8 Å². The van der Waals surface area contributed by atoms with Gasteiger partial charge in [-0.25, -0.2) is 0 Å². The first kappa shape index (κ1) is 13.6. The second kappa shape index (κ2) is 6.95. The summed E-state index contributed by atoms with van der Waals surface area (Å²) in [6.07, 6.45) is 0.497. The molecule has 0 fully saturated rings. The Morgan fingerprint density at radius 3 is 2.26 bits per heavy atom. The van der Waals surface area contributed by atoms with Crippen LogP contribution in [0.1, 0.15) is 11.1 Å². The van der Waals surface area contributed by atoms with Crippen LogP contribution in [0.4, 0.5) is 0 Å². The molecule has 0 atom stereocenters. The lowest BCUT2D eigenvalue weighted by Gasteiger charge is -2.03. The van der Waals surface area contributed by atoms with Crippen LogP contribution in [-0.4, -0.2) is 11.5 Å². The third-order valence-corrected chi connectivity index (χ3v) is 3.84. The predicted molar refractivity (Wildman–Crippen MR) is 78.0 cm³/mol. The van der Waals surface area contributed by atoms with Crippen molar-refractivity contribution in [3.63, 3.8) is 0 Å². The first-order valence-corrected chi connectivity index (χ1v) is 7.10. The summed E-state index contributed by atoms with van der Waals surface area (Å²) in [5.41, 5.74) is 2.31. The van der Waals surface area contributed by atoms with Crippen molar-refractivity contribution in [2.45, 2.75) is 17.1 Å². The van der Waals surface area contributed by atoms with E-state index in [-0.39, 0.29) is 11.5 Å². The van der Waals surface area contributed by atoms with E-state index >= 15 is 0 Å². The fourth-order valence-corrected chi connectivity index (χ4v) is 2.57. The molecule has 19 heavy (non-hydrogen) atoms. The zero-order valence-corrected chi connectivity index (χ0v) is 11.3. The predicted octanol–water partition coefficient (Wildman–Crippen LogP) is 3.80. The highest BCUT2D eigenvalue weighted by atomic mass is 32.2. The minimum absolute atomic E-state index is 0.00347. The highest BCUT2D eigenvalue weighted by molar-refractivity contribution is 7.98. The molecule has 2 rings (SSSR count). The van der Waals surface area contributed by atoms with Crippen molar-refractivity contribution in [3.8, 4) is 0 Å². The molecule has 2 aromatic rings. The number of benzene rings is 2. The summed E-state index contributed by atoms with van der Waals surface area (Å²) in [7, 11) is 0. The normalized spacial score (nSPS) is 10.3. The Kier molecular flexibility index (Phi) is 4.98. The summed E-state index contributed by atoms with van der Waals surface area (Å²) in [5.74, 6) is 0.940. The van der Waals surface area contributed by atoms with E-state index in [0.29, 0.717) is 6.42 Å². The molecule has 0 heterocycles. The Bertz CT molecular complexity index is 526. The number of nitro groups is 1. The number of thioether (sulfide) groups is 1. The van der Waals surface area contributed by atoms with Crippen molar-refractivity contribution in [1.29, 1.82) is 0 Å². The molecule has 0 N–H and O–H groups in total. The minimum Gasteiger partial charge on any atom is -0.265 e. The van der Waals surface area contributed by atoms with Gasteiger partial charge in [0.25, 0.3) is 0 Å². The summed E-state index contributed by atoms with van der Waals surface area (Å²) in [5, 5.41) is 10.3. The van der Waals surface area contributed by atoms with Gasteiger partial charge in [0.05, 0.1) is 0 Å². The maximum atomic E-state index is 10.3. The summed E-state index contributed by atoms with van der Waals surface area (Å²) >= 11 is 1.77. The molecule has 0 spiro atoms. The van der Waals surface area contributed by atoms with E-state index in [2.05, 4.69) is 12.1 Å². The maximum Gasteiger partial charge on any atom is 0.207 e. The van der Waals surface area contributed by atoms with Crippen LogP contribution in [0, 0.1) is 10.1 Å². The second-order valence-electron chi connectivity index (χ2n) is 4.22. The van der Waals surface area contributed by atoms with Crippen molar-refractivity contribution in [2.24, 2.45) is 0 Å². The first-order chi connectivity index (χ1) is 9.24. The topological polar surface area (TPSA) is 43.1 Å². The molecule has 0 saturated carbocycles. The lowest BCUT2D eigenvalue weighted by Crippen LogP contribution is -2.03. The molecule has 0 bridgehead atoms. The van der Waals surface area contributed by atoms with Gasteiger partial charge >= 0.3 is 0 Å². The quantitative estimate of drug-likeness (QED) is 0.457. The summed E-state index contributed by atoms with van der Waals surface area (Å²) in [6, 6.07) is 18.3. The Hall–Kier alpha value is -1.81. The molecule has 2 aromatic carbocycles. The van der Waals surface area contributed by atoms with E-state index in [1.54, 1.807) is 11.8 Å². The number of rotatable bonds is 6. The number of hydrogen-bond acceptors (Lipinski definition) is 3. The highest BCUT2D eigenvalue weighted by Gasteiger charge is 2.01. The van der Waals surface area contributed by atoms with Crippen LogP contribution in [0.15, 0.2) is 59.5 Å². The fourth-order valence-electron chi connectivity index (χ4n) is 1.71. The van der Waals surface area contributed by atoms with Crippen LogP contribution in [0.25, 0.3) is 0 Å². The van der Waals surface area contributed by atoms with Gasteiger partial charge in [-0.05, 0) is 23.3 Å². The summed E-state index contributed by atoms with van der Waals surface area (Å²) in [4.78, 5) is 11.2. The van der Waals surface area contributed by atoms with E-state index < -0.39 is 0 Å². The molecule has 0 unspecified atom stereocenters. The standard InChI is InChI=1S/C15H15NO2S/c17-16(18)11-10-13-6-8-15(9-7-13)19-12-14-4-2-1-3-5-14/h1-9H,10-12H2. The van der Waals surface area contributed by atoms with Gasteiger partial charge in [0.2, 0.25) is 6.54 Å². The van der Waals surface area contributed by atoms with E-state index in [1.807, 2.05) is 42.5 Å². The van der Waals surface area contributed by atoms with Gasteiger partial charge in [-0.1, -0.05) is 42.5 Å². The van der Waals surface area contributed by atoms with Gasteiger partial charge < -0.3 is 0 Å². The van der Waals surface area contributed by atoms with Crippen LogP contribution in [0.2, 0.25) is 0 Å². The molecule has 0 aromatic heterocycles. The smallest absolute Gasteiger partial charge is 0.207 e. The summed E-state index contributed by atoms with van der Waals surface area (Å²) < 4.78 is 0. The van der Waals surface area contributed by atoms with Crippen molar-refractivity contribution < 1.29 is 4.92 Å². The lowest BCUT2D eigenvalue weighted by atomic mass is 10.2. The van der Waals surface area contributed by atoms with E-state index in [0.717, 1.165) is 11.3 Å². The minimum atomic E-state index is -0.280. The van der Waals surface area contributed by atoms with Gasteiger partial charge in [0.15, 0.2) is 0 Å². The highest BCUT2D eigenvalue weighted by Crippen LogP contribution is 2.23. The SMILES string of the molecule is O=[N+]([O-])CCc1ccc(SCc2ccccc2)cc1. The third-order valence-electron chi connectivity index (χ3n) is 2.75. The lowest BCUT2D eigenvalue weighted by molar-refractivity contribution is -0.479. The Labute approximate surface area is 116 Å². The molecule has 0 amide bonds. The molecule has 4 heteroatoms. The van der Waals surface area contributed by atoms with Crippen LogP contribution >= 0.6 is 11.8 Å². The van der Waals surface area contributed by atoms with Crippen molar-refractivity contribution in [2.75, 3.05) is 6.54 Å². The molecular weight excluding hydrogens is 258 g/mol. The van der Waals surface area contributed by atoms with Crippen LogP contribution in [0.3, 0.4) is 0 Å². The number of nitrogens with zero attached hydrogens (tertiary/aromatic N) is 1. The monoisotopic (exact) mass is 273 g/mol. The zero-order chi connectivity index (χ0) is 13.5. The van der Waals surface area contributed by atoms with Gasteiger partial charge in [-0.3, -0.25) is 10.1 Å². The Balaban J connectivity index is 1.86. The van der Waals surface area contributed by atoms with Crippen molar-refractivity contribution in [1.82, 2.24) is 0 Å². The van der Waals surface area contributed by atoms with Gasteiger partial charge in [-0.15, -0.1) is 11.8 Å². The molecule has 0 radical (unpaired) electrons. The Morgan fingerprint density at radius 1 is 0.947 bits per heavy atom. The molecule has 3 nitrogen and oxygen atoms in total. The fraction of sp³-hybridized carbons (Fsp3) is 0.200. The molecule has 98 valence electrons. The zero-order valence-electron chi connectivity index (χ0n) is 10.5. The van der Waals surface area contributed by atoms with E-state index in [9.17, 15) is 10.1 Å². The van der Waals surface area contributed by atoms with Crippen LogP contribution < -0.4 is 0 Å². The van der Waals surface area contributed by atoms with Crippen LogP contribution in [-0.2, 0) is 12.2 Å². The molecule has 0 saturated heterocycles. The van der Waals surface area contributed by atoms with E-state index in [1.165, 1.54) is 10.5 Å². The van der Waals surface area contributed by atoms with Crippen molar-refractivity contribution >= 4 is 11.8 Å². The second-order valence-corrected chi connectivity index (χ2v) is 5.27. The average Bonchev–Trinajstić information content (AvgIpc) is 2.45. The molecule has 0 aliphatic rings. The van der Waals surface area contributed by atoms with Gasteiger partial charge in [0.1, 0.15) is 0 Å². The largest absolute Gasteiger partial charge is 0.265 e. The molecule has 0 aliphatic heterocycles. The molecule has 0 aliphatic carbocycles. The molecular formula is C15H15NO2S. The maximum absolute atomic E-state index is 10.3. The first-order valence-electron chi connectivity index (χ1n) is 6.11. The third kappa shape index (κ3) is 4.75. The van der Waals surface area contributed by atoms with Crippen LogP contribution in [0.5, 0.6) is 0 Å². The van der Waals surface area contributed by atoms with E-state index in [4.69, 9.17) is 0 Å². The summed E-state index contributed by atoms with van der Waals surface area (Å²) in [6.45, 7) is -0.00347.